The maximum absolute atomic E-state index is 12.6. The lowest BCUT2D eigenvalue weighted by Crippen LogP contribution is -2.46. The molecule has 2 N–H and O–H groups in total. The summed E-state index contributed by atoms with van der Waals surface area (Å²) in [6.07, 6.45) is 6.05. The quantitative estimate of drug-likeness (QED) is 0.902. The Balaban J connectivity index is 1.98. The van der Waals surface area contributed by atoms with Crippen LogP contribution in [0.1, 0.15) is 56.6 Å². The minimum atomic E-state index is -0.268. The first-order valence-corrected chi connectivity index (χ1v) is 8.15. The van der Waals surface area contributed by atoms with Crippen LogP contribution in [0.4, 0.5) is 0 Å². The summed E-state index contributed by atoms with van der Waals surface area (Å²) in [4.78, 5) is 14.5. The van der Waals surface area contributed by atoms with Crippen LogP contribution in [0, 0.1) is 6.92 Å². The van der Waals surface area contributed by atoms with Gasteiger partial charge < -0.3 is 10.6 Å². The molecule has 1 aliphatic rings. The number of rotatable bonds is 5. The third-order valence-electron chi connectivity index (χ3n) is 4.54. The molecule has 1 amide bonds. The summed E-state index contributed by atoms with van der Waals surface area (Å²) in [6, 6.07) is 8.36. The second-order valence-electron chi connectivity index (χ2n) is 6.50. The average Bonchev–Trinajstić information content (AvgIpc) is 2.45. The zero-order valence-electron chi connectivity index (χ0n) is 13.4. The van der Waals surface area contributed by atoms with Gasteiger partial charge in [-0.3, -0.25) is 4.79 Å². The van der Waals surface area contributed by atoms with Gasteiger partial charge in [0, 0.05) is 25.0 Å². The van der Waals surface area contributed by atoms with E-state index in [1.807, 2.05) is 11.8 Å². The molecule has 21 heavy (non-hydrogen) atoms. The number of carbonyl (C=O) groups excluding carboxylic acids is 1. The van der Waals surface area contributed by atoms with E-state index in [1.54, 1.807) is 0 Å². The van der Waals surface area contributed by atoms with Gasteiger partial charge in [-0.2, -0.15) is 0 Å². The normalized spacial score (nSPS) is 17.5. The monoisotopic (exact) mass is 288 g/mol. The smallest absolute Gasteiger partial charge is 0.224 e. The van der Waals surface area contributed by atoms with Gasteiger partial charge in [-0.25, -0.2) is 0 Å². The van der Waals surface area contributed by atoms with E-state index in [-0.39, 0.29) is 11.4 Å². The molecule has 0 atom stereocenters. The van der Waals surface area contributed by atoms with Gasteiger partial charge in [0.25, 0.3) is 0 Å². The van der Waals surface area contributed by atoms with E-state index < -0.39 is 0 Å². The number of aryl methyl sites for hydroxylation is 1. The van der Waals surface area contributed by atoms with Crippen LogP contribution >= 0.6 is 0 Å². The second-order valence-corrected chi connectivity index (χ2v) is 6.50. The van der Waals surface area contributed by atoms with Crippen LogP contribution in [0.25, 0.3) is 0 Å². The molecule has 1 aromatic rings. The van der Waals surface area contributed by atoms with Gasteiger partial charge in [-0.15, -0.1) is 0 Å². The molecule has 0 bridgehead atoms. The predicted octanol–water partition coefficient (Wildman–Crippen LogP) is 3.40. The molecule has 0 radical (unpaired) electrons. The molecule has 0 saturated heterocycles. The Hall–Kier alpha value is -1.35. The summed E-state index contributed by atoms with van der Waals surface area (Å²) in [5.41, 5.74) is 8.58. The summed E-state index contributed by atoms with van der Waals surface area (Å²) in [7, 11) is 0. The molecule has 0 spiro atoms. The van der Waals surface area contributed by atoms with Crippen LogP contribution in [0.5, 0.6) is 0 Å². The van der Waals surface area contributed by atoms with Crippen molar-refractivity contribution in [2.75, 3.05) is 6.54 Å². The summed E-state index contributed by atoms with van der Waals surface area (Å²) < 4.78 is 0. The number of carbonyl (C=O) groups is 1. The Kier molecular flexibility index (Phi) is 5.40. The van der Waals surface area contributed by atoms with Crippen LogP contribution in [0.2, 0.25) is 0 Å². The summed E-state index contributed by atoms with van der Waals surface area (Å²) in [5, 5.41) is 0. The Morgan fingerprint density at radius 3 is 2.62 bits per heavy atom. The number of hydrogen-bond acceptors (Lipinski definition) is 2. The molecule has 1 saturated carbocycles. The van der Waals surface area contributed by atoms with Gasteiger partial charge in [-0.1, -0.05) is 49.1 Å². The van der Waals surface area contributed by atoms with Crippen molar-refractivity contribution >= 4 is 5.91 Å². The fourth-order valence-corrected chi connectivity index (χ4v) is 3.25. The van der Waals surface area contributed by atoms with Crippen LogP contribution in [-0.2, 0) is 11.3 Å². The zero-order chi connectivity index (χ0) is 15.3. The molecule has 1 fully saturated rings. The van der Waals surface area contributed by atoms with Crippen molar-refractivity contribution in [1.29, 1.82) is 0 Å². The highest BCUT2D eigenvalue weighted by atomic mass is 16.2. The number of hydrogen-bond donors (Lipinski definition) is 1. The molecular formula is C18H28N2O. The third kappa shape index (κ3) is 4.57. The van der Waals surface area contributed by atoms with Crippen molar-refractivity contribution in [2.24, 2.45) is 5.73 Å². The molecule has 116 valence electrons. The standard InChI is InChI=1S/C18H28N2O/c1-3-20(14-16-9-7-8-15(2)12-16)17(21)13-18(19)10-5-4-6-11-18/h7-9,12H,3-6,10-11,13-14,19H2,1-2H3. The van der Waals surface area contributed by atoms with Gasteiger partial charge in [0.05, 0.1) is 0 Å². The van der Waals surface area contributed by atoms with E-state index in [0.29, 0.717) is 13.0 Å². The van der Waals surface area contributed by atoms with E-state index in [1.165, 1.54) is 17.5 Å². The molecule has 0 heterocycles. The minimum Gasteiger partial charge on any atom is -0.339 e. The van der Waals surface area contributed by atoms with Crippen molar-refractivity contribution < 1.29 is 4.79 Å². The maximum atomic E-state index is 12.6. The van der Waals surface area contributed by atoms with Crippen molar-refractivity contribution in [3.8, 4) is 0 Å². The van der Waals surface area contributed by atoms with Crippen LogP contribution < -0.4 is 5.73 Å². The molecule has 0 aromatic heterocycles. The predicted molar refractivity (Wildman–Crippen MR) is 86.9 cm³/mol. The number of nitrogens with zero attached hydrogens (tertiary/aromatic N) is 1. The highest BCUT2D eigenvalue weighted by Crippen LogP contribution is 2.29. The van der Waals surface area contributed by atoms with E-state index in [9.17, 15) is 4.79 Å². The Morgan fingerprint density at radius 2 is 2.00 bits per heavy atom. The Labute approximate surface area is 128 Å². The molecule has 3 nitrogen and oxygen atoms in total. The fraction of sp³-hybridized carbons (Fsp3) is 0.611. The van der Waals surface area contributed by atoms with Crippen molar-refractivity contribution in [3.63, 3.8) is 0 Å². The van der Waals surface area contributed by atoms with Gasteiger partial charge in [0.1, 0.15) is 0 Å². The molecule has 0 aliphatic heterocycles. The number of amides is 1. The molecule has 2 rings (SSSR count). The molecule has 1 aliphatic carbocycles. The zero-order valence-corrected chi connectivity index (χ0v) is 13.4. The first-order chi connectivity index (χ1) is 10.0. The van der Waals surface area contributed by atoms with E-state index >= 15 is 0 Å². The van der Waals surface area contributed by atoms with E-state index in [2.05, 4.69) is 31.2 Å². The fourth-order valence-electron chi connectivity index (χ4n) is 3.25. The lowest BCUT2D eigenvalue weighted by Gasteiger charge is -2.34. The SMILES string of the molecule is CCN(Cc1cccc(C)c1)C(=O)CC1(N)CCCCC1. The maximum Gasteiger partial charge on any atom is 0.224 e. The highest BCUT2D eigenvalue weighted by Gasteiger charge is 2.31. The molecule has 0 unspecified atom stereocenters. The van der Waals surface area contributed by atoms with Gasteiger partial charge >= 0.3 is 0 Å². The molecule has 1 aromatic carbocycles. The Morgan fingerprint density at radius 1 is 1.29 bits per heavy atom. The topological polar surface area (TPSA) is 46.3 Å². The lowest BCUT2D eigenvalue weighted by atomic mass is 9.80. The largest absolute Gasteiger partial charge is 0.339 e. The van der Waals surface area contributed by atoms with Gasteiger partial charge in [0.15, 0.2) is 0 Å². The molecular weight excluding hydrogens is 260 g/mol. The highest BCUT2D eigenvalue weighted by molar-refractivity contribution is 5.77. The number of benzene rings is 1. The van der Waals surface area contributed by atoms with Crippen LogP contribution in [0.15, 0.2) is 24.3 Å². The number of nitrogens with two attached hydrogens (primary N) is 1. The van der Waals surface area contributed by atoms with Crippen molar-refractivity contribution in [3.05, 3.63) is 35.4 Å². The van der Waals surface area contributed by atoms with Crippen molar-refractivity contribution in [1.82, 2.24) is 4.90 Å². The van der Waals surface area contributed by atoms with Crippen LogP contribution in [0.3, 0.4) is 0 Å². The van der Waals surface area contributed by atoms with E-state index in [0.717, 1.165) is 32.2 Å². The van der Waals surface area contributed by atoms with Gasteiger partial charge in [-0.05, 0) is 32.3 Å². The Bertz CT molecular complexity index is 478. The first-order valence-electron chi connectivity index (χ1n) is 8.15. The minimum absolute atomic E-state index is 0.198. The second kappa shape index (κ2) is 7.08. The summed E-state index contributed by atoms with van der Waals surface area (Å²) in [5.74, 6) is 0.198. The lowest BCUT2D eigenvalue weighted by molar-refractivity contribution is -0.133. The third-order valence-corrected chi connectivity index (χ3v) is 4.54. The van der Waals surface area contributed by atoms with Crippen LogP contribution in [-0.4, -0.2) is 22.9 Å². The average molecular weight is 288 g/mol. The van der Waals surface area contributed by atoms with E-state index in [4.69, 9.17) is 5.73 Å². The van der Waals surface area contributed by atoms with Crippen molar-refractivity contribution in [2.45, 2.75) is 64.5 Å². The van der Waals surface area contributed by atoms with Gasteiger partial charge in [0.2, 0.25) is 5.91 Å². The summed E-state index contributed by atoms with van der Waals surface area (Å²) >= 11 is 0. The molecule has 3 heteroatoms. The summed E-state index contributed by atoms with van der Waals surface area (Å²) in [6.45, 7) is 5.55. The first kappa shape index (κ1) is 16.0.